The third kappa shape index (κ3) is 5.05. The maximum Gasteiger partial charge on any atom is 0.335 e. The monoisotopic (exact) mass is 397 g/mol. The highest BCUT2D eigenvalue weighted by molar-refractivity contribution is 7.79. The summed E-state index contributed by atoms with van der Waals surface area (Å²) in [6.45, 7) is 0. The standard InChI is InChI=1S/C16H19N3O7S/c17-12(20)5-4-9(8-27(25)26)13(16(23)24)18-14-11(15(21)22)7-10-3-1-2-6-19(10)14/h1-6,9-10,13,18H,7-8H2,(H2,17,20)(H,21,22)(H,23,24)(H,25,26)/b5-4+. The molecule has 0 saturated carbocycles. The van der Waals surface area contributed by atoms with Crippen LogP contribution in [0.5, 0.6) is 0 Å². The summed E-state index contributed by atoms with van der Waals surface area (Å²) in [6.07, 6.45) is 9.02. The van der Waals surface area contributed by atoms with Crippen molar-refractivity contribution in [3.63, 3.8) is 0 Å². The highest BCUT2D eigenvalue weighted by Gasteiger charge is 2.37. The lowest BCUT2D eigenvalue weighted by Gasteiger charge is -2.30. The molecule has 2 aliphatic rings. The topological polar surface area (TPSA) is 170 Å². The molecule has 1 amide bonds. The Morgan fingerprint density at radius 3 is 2.63 bits per heavy atom. The van der Waals surface area contributed by atoms with Crippen molar-refractivity contribution < 1.29 is 33.4 Å². The summed E-state index contributed by atoms with van der Waals surface area (Å²) < 4.78 is 20.4. The number of fused-ring (bicyclic) bond motifs is 1. The summed E-state index contributed by atoms with van der Waals surface area (Å²) in [5, 5.41) is 21.7. The van der Waals surface area contributed by atoms with Crippen molar-refractivity contribution in [3.05, 3.63) is 48.0 Å². The van der Waals surface area contributed by atoms with Crippen molar-refractivity contribution in [2.24, 2.45) is 11.7 Å². The number of nitrogens with zero attached hydrogens (tertiary/aromatic N) is 1. The number of carbonyl (C=O) groups excluding carboxylic acids is 1. The lowest BCUT2D eigenvalue weighted by Crippen LogP contribution is -2.47. The van der Waals surface area contributed by atoms with Gasteiger partial charge < -0.3 is 30.7 Å². The first-order chi connectivity index (χ1) is 12.7. The molecule has 4 unspecified atom stereocenters. The molecule has 0 radical (unpaired) electrons. The van der Waals surface area contributed by atoms with Gasteiger partial charge in [0, 0.05) is 18.5 Å². The molecule has 0 aromatic heterocycles. The average molecular weight is 397 g/mol. The minimum atomic E-state index is -2.35. The Hall–Kier alpha value is -2.92. The molecule has 2 aliphatic heterocycles. The SMILES string of the molecule is NC(=O)/C=C/C(CS(=O)O)C(NC1=C(C(=O)O)CC2C=CC=CN12)C(=O)O. The van der Waals surface area contributed by atoms with E-state index in [0.717, 1.165) is 12.2 Å². The number of nitrogens with two attached hydrogens (primary N) is 1. The molecule has 0 fully saturated rings. The van der Waals surface area contributed by atoms with E-state index < -0.39 is 46.6 Å². The maximum absolute atomic E-state index is 11.8. The third-order valence-corrected chi connectivity index (χ3v) is 4.76. The van der Waals surface area contributed by atoms with Gasteiger partial charge in [0.25, 0.3) is 0 Å². The minimum absolute atomic E-state index is 0.00907. The van der Waals surface area contributed by atoms with Gasteiger partial charge in [-0.05, 0) is 12.2 Å². The van der Waals surface area contributed by atoms with E-state index in [1.807, 2.05) is 0 Å². The molecule has 27 heavy (non-hydrogen) atoms. The van der Waals surface area contributed by atoms with Crippen LogP contribution in [0.15, 0.2) is 48.0 Å². The summed E-state index contributed by atoms with van der Waals surface area (Å²) in [6, 6.07) is -1.73. The molecule has 2 rings (SSSR count). The molecule has 6 N–H and O–H groups in total. The summed E-state index contributed by atoms with van der Waals surface area (Å²) in [7, 11) is 0. The number of amides is 1. The summed E-state index contributed by atoms with van der Waals surface area (Å²) in [5.41, 5.74) is 5.01. The highest BCUT2D eigenvalue weighted by Crippen LogP contribution is 2.31. The van der Waals surface area contributed by atoms with E-state index in [-0.39, 0.29) is 23.9 Å². The van der Waals surface area contributed by atoms with Crippen molar-refractivity contribution >= 4 is 28.9 Å². The maximum atomic E-state index is 11.8. The van der Waals surface area contributed by atoms with Gasteiger partial charge in [-0.2, -0.15) is 0 Å². The first-order valence-corrected chi connectivity index (χ1v) is 9.12. The molecule has 0 bridgehead atoms. The fourth-order valence-corrected chi connectivity index (χ4v) is 3.53. The van der Waals surface area contributed by atoms with Crippen LogP contribution in [0.4, 0.5) is 0 Å². The van der Waals surface area contributed by atoms with E-state index in [1.54, 1.807) is 29.3 Å². The Balaban J connectivity index is 2.38. The second-order valence-corrected chi connectivity index (χ2v) is 6.89. The quantitative estimate of drug-likeness (QED) is 0.251. The first kappa shape index (κ1) is 20.4. The predicted molar refractivity (Wildman–Crippen MR) is 95.2 cm³/mol. The van der Waals surface area contributed by atoms with Gasteiger partial charge in [-0.15, -0.1) is 0 Å². The van der Waals surface area contributed by atoms with Gasteiger partial charge in [0.2, 0.25) is 5.91 Å². The van der Waals surface area contributed by atoms with E-state index >= 15 is 0 Å². The van der Waals surface area contributed by atoms with Crippen LogP contribution in [0, 0.1) is 5.92 Å². The molecule has 0 spiro atoms. The van der Waals surface area contributed by atoms with Gasteiger partial charge in [0.1, 0.15) is 11.9 Å². The van der Waals surface area contributed by atoms with Crippen LogP contribution in [0.3, 0.4) is 0 Å². The molecule has 0 aromatic rings. The van der Waals surface area contributed by atoms with E-state index in [4.69, 9.17) is 5.73 Å². The van der Waals surface area contributed by atoms with Crippen molar-refractivity contribution in [2.45, 2.75) is 18.5 Å². The zero-order chi connectivity index (χ0) is 20.1. The van der Waals surface area contributed by atoms with Crippen molar-refractivity contribution in [2.75, 3.05) is 5.75 Å². The van der Waals surface area contributed by atoms with Crippen molar-refractivity contribution in [1.82, 2.24) is 10.2 Å². The minimum Gasteiger partial charge on any atom is -0.480 e. The van der Waals surface area contributed by atoms with E-state index in [2.05, 4.69) is 5.32 Å². The summed E-state index contributed by atoms with van der Waals surface area (Å²) >= 11 is -2.35. The number of carboxylic acid groups (broad SMARTS) is 2. The second kappa shape index (κ2) is 8.64. The van der Waals surface area contributed by atoms with Crippen LogP contribution in [0.1, 0.15) is 6.42 Å². The van der Waals surface area contributed by atoms with Gasteiger partial charge in [-0.3, -0.25) is 4.79 Å². The number of rotatable bonds is 9. The molecule has 146 valence electrons. The summed E-state index contributed by atoms with van der Waals surface area (Å²) in [4.78, 5) is 35.9. The van der Waals surface area contributed by atoms with Crippen LogP contribution in [0.2, 0.25) is 0 Å². The van der Waals surface area contributed by atoms with Gasteiger partial charge in [0.15, 0.2) is 11.1 Å². The van der Waals surface area contributed by atoms with Gasteiger partial charge in [-0.25, -0.2) is 13.8 Å². The molecular formula is C16H19N3O7S. The zero-order valence-corrected chi connectivity index (χ0v) is 14.8. The van der Waals surface area contributed by atoms with Gasteiger partial charge >= 0.3 is 11.9 Å². The normalized spacial score (nSPS) is 21.8. The number of primary amides is 1. The second-order valence-electron chi connectivity index (χ2n) is 5.91. The Kier molecular flexibility index (Phi) is 6.53. The molecule has 11 heteroatoms. The van der Waals surface area contributed by atoms with Crippen LogP contribution in [0.25, 0.3) is 0 Å². The fraction of sp³-hybridized carbons (Fsp3) is 0.312. The van der Waals surface area contributed by atoms with Crippen molar-refractivity contribution in [3.8, 4) is 0 Å². The van der Waals surface area contributed by atoms with E-state index in [0.29, 0.717) is 0 Å². The molecule has 10 nitrogen and oxygen atoms in total. The Bertz CT molecular complexity index is 787. The number of carbonyl (C=O) groups is 3. The molecular weight excluding hydrogens is 378 g/mol. The molecule has 4 atom stereocenters. The van der Waals surface area contributed by atoms with Crippen LogP contribution >= 0.6 is 0 Å². The number of hydrogen-bond donors (Lipinski definition) is 5. The van der Waals surface area contributed by atoms with Crippen LogP contribution in [-0.4, -0.2) is 59.6 Å². The number of nitrogens with one attached hydrogen (secondary N) is 1. The predicted octanol–water partition coefficient (Wildman–Crippen LogP) is -0.637. The number of carboxylic acids is 2. The average Bonchev–Trinajstić information content (AvgIpc) is 2.95. The van der Waals surface area contributed by atoms with Crippen LogP contribution in [-0.2, 0) is 25.5 Å². The lowest BCUT2D eigenvalue weighted by molar-refractivity contribution is -0.140. The summed E-state index contributed by atoms with van der Waals surface area (Å²) in [5.74, 6) is -4.91. The Morgan fingerprint density at radius 1 is 1.37 bits per heavy atom. The fourth-order valence-electron chi connectivity index (χ4n) is 2.90. The van der Waals surface area contributed by atoms with Crippen molar-refractivity contribution in [1.29, 1.82) is 0 Å². The van der Waals surface area contributed by atoms with E-state index in [9.17, 15) is 33.4 Å². The zero-order valence-electron chi connectivity index (χ0n) is 14.0. The lowest BCUT2D eigenvalue weighted by atomic mass is 10.0. The van der Waals surface area contributed by atoms with E-state index in [1.165, 1.54) is 0 Å². The molecule has 2 heterocycles. The number of hydrogen-bond acceptors (Lipinski definition) is 6. The largest absolute Gasteiger partial charge is 0.480 e. The van der Waals surface area contributed by atoms with Gasteiger partial charge in [0.05, 0.1) is 17.4 Å². The molecule has 0 saturated heterocycles. The molecule has 0 aliphatic carbocycles. The first-order valence-electron chi connectivity index (χ1n) is 7.85. The number of aliphatic carboxylic acids is 2. The van der Waals surface area contributed by atoms with Crippen LogP contribution < -0.4 is 11.1 Å². The van der Waals surface area contributed by atoms with Gasteiger partial charge in [-0.1, -0.05) is 18.2 Å². The smallest absolute Gasteiger partial charge is 0.335 e. The Labute approximate surface area is 157 Å². The highest BCUT2D eigenvalue weighted by atomic mass is 32.2. The Morgan fingerprint density at radius 2 is 2.07 bits per heavy atom. The number of allylic oxidation sites excluding steroid dienone is 2. The third-order valence-electron chi connectivity index (χ3n) is 4.09. The molecule has 0 aromatic carbocycles.